The maximum atomic E-state index is 13.3. The number of anilines is 1. The first-order valence-corrected chi connectivity index (χ1v) is 19.0. The molecule has 6 rings (SSSR count). The summed E-state index contributed by atoms with van der Waals surface area (Å²) >= 11 is 6.04. The Morgan fingerprint density at radius 1 is 0.942 bits per heavy atom. The van der Waals surface area contributed by atoms with Crippen molar-refractivity contribution < 1.29 is 40.7 Å². The number of ketones is 2. The Morgan fingerprint density at radius 2 is 1.60 bits per heavy atom. The number of hydrogen-bond acceptors (Lipinski definition) is 10. The quantitative estimate of drug-likeness (QED) is 0.146. The summed E-state index contributed by atoms with van der Waals surface area (Å²) in [5, 5.41) is 3.27. The fraction of sp³-hybridized carbons (Fsp3) is 0.500. The van der Waals surface area contributed by atoms with Crippen LogP contribution in [0.2, 0.25) is 5.02 Å². The Hall–Kier alpha value is -4.11. The van der Waals surface area contributed by atoms with Crippen LogP contribution in [0, 0.1) is 10.8 Å². The highest BCUT2D eigenvalue weighted by molar-refractivity contribution is 7.90. The predicted octanol–water partition coefficient (Wildman–Crippen LogP) is 6.50. The van der Waals surface area contributed by atoms with Gasteiger partial charge < -0.3 is 10.1 Å². The highest BCUT2D eigenvalue weighted by Crippen LogP contribution is 2.51. The van der Waals surface area contributed by atoms with Gasteiger partial charge in [-0.2, -0.15) is 28.1 Å². The highest BCUT2D eigenvalue weighted by Gasteiger charge is 2.54. The minimum atomic E-state index is -4.59. The Bertz CT molecular complexity index is 1960. The number of halogens is 4. The average molecular weight is 762 g/mol. The molecule has 3 aliphatic carbocycles. The summed E-state index contributed by atoms with van der Waals surface area (Å²) in [5.74, 6) is -0.812. The van der Waals surface area contributed by atoms with Crippen molar-refractivity contribution >= 4 is 45.0 Å². The lowest BCUT2D eigenvalue weighted by atomic mass is 9.78. The summed E-state index contributed by atoms with van der Waals surface area (Å²) in [6.45, 7) is 1.86. The third-order valence-electron chi connectivity index (χ3n) is 9.93. The molecule has 0 atom stereocenters. The van der Waals surface area contributed by atoms with Gasteiger partial charge in [-0.15, -0.1) is 0 Å². The van der Waals surface area contributed by atoms with E-state index in [0.29, 0.717) is 41.8 Å². The smallest absolute Gasteiger partial charge is 0.422 e. The van der Waals surface area contributed by atoms with E-state index in [-0.39, 0.29) is 49.0 Å². The number of carbonyl (C=O) groups excluding carboxylic acids is 3. The Balaban J connectivity index is 1.07. The zero-order valence-corrected chi connectivity index (χ0v) is 30.3. The molecule has 0 spiro atoms. The van der Waals surface area contributed by atoms with E-state index in [2.05, 4.69) is 25.0 Å². The van der Waals surface area contributed by atoms with Crippen LogP contribution in [0.1, 0.15) is 98.9 Å². The fourth-order valence-electron chi connectivity index (χ4n) is 5.92. The molecule has 52 heavy (non-hydrogen) atoms. The van der Waals surface area contributed by atoms with Crippen LogP contribution in [0.5, 0.6) is 6.01 Å². The summed E-state index contributed by atoms with van der Waals surface area (Å²) < 4.78 is 70.4. The Labute approximate surface area is 304 Å². The van der Waals surface area contributed by atoms with Gasteiger partial charge in [-0.25, -0.2) is 8.42 Å². The first-order chi connectivity index (χ1) is 24.4. The van der Waals surface area contributed by atoms with Gasteiger partial charge in [0.15, 0.2) is 12.4 Å². The van der Waals surface area contributed by atoms with Crippen molar-refractivity contribution in [1.82, 2.24) is 19.7 Å². The standard InChI is InChI=1S/C36H39ClF3N5O6S/c1-33(2,28(47)20-34(15-16-34)30(48)45-52(49,50)26-11-12-26)14-13-27(46)23-5-3-22(4-6-23)19-29-41-31(43-32(42-29)51-21-36(38,39)40)44-35(17-18-35)24-7-9-25(37)10-8-24/h3-10,26H,11-21H2,1-2H3,(H,45,48)(H,41,42,43,44). The van der Waals surface area contributed by atoms with Crippen LogP contribution in [0.25, 0.3) is 0 Å². The van der Waals surface area contributed by atoms with Gasteiger partial charge in [0.25, 0.3) is 0 Å². The summed E-state index contributed by atoms with van der Waals surface area (Å²) in [6, 6.07) is 13.4. The van der Waals surface area contributed by atoms with Crippen molar-refractivity contribution in [3.8, 4) is 6.01 Å². The van der Waals surface area contributed by atoms with E-state index in [9.17, 15) is 36.0 Å². The maximum Gasteiger partial charge on any atom is 0.422 e. The van der Waals surface area contributed by atoms with Gasteiger partial charge in [0.2, 0.25) is 21.9 Å². The molecule has 3 saturated carbocycles. The summed E-state index contributed by atoms with van der Waals surface area (Å²) in [6.07, 6.45) is -0.881. The molecule has 278 valence electrons. The number of nitrogens with zero attached hydrogens (tertiary/aromatic N) is 3. The SMILES string of the molecule is CC(C)(CCC(=O)c1ccc(Cc2nc(NC3(c4ccc(Cl)cc4)CC3)nc(OCC(F)(F)F)n2)cc1)C(=O)CC1(C(=O)NS(=O)(=O)C2CC2)CC1. The zero-order valence-electron chi connectivity index (χ0n) is 28.7. The van der Waals surface area contributed by atoms with Crippen LogP contribution in [-0.4, -0.2) is 58.9 Å². The van der Waals surface area contributed by atoms with E-state index in [4.69, 9.17) is 16.3 Å². The number of amides is 1. The second kappa shape index (κ2) is 14.0. The van der Waals surface area contributed by atoms with Crippen molar-refractivity contribution in [2.45, 2.75) is 95.0 Å². The molecule has 0 aliphatic heterocycles. The van der Waals surface area contributed by atoms with E-state index >= 15 is 0 Å². The number of benzene rings is 2. The van der Waals surface area contributed by atoms with Crippen molar-refractivity contribution in [2.75, 3.05) is 11.9 Å². The molecule has 1 aromatic heterocycles. The molecule has 1 amide bonds. The number of aromatic nitrogens is 3. The van der Waals surface area contributed by atoms with E-state index in [1.165, 1.54) is 0 Å². The van der Waals surface area contributed by atoms with Gasteiger partial charge in [-0.1, -0.05) is 61.8 Å². The molecule has 1 heterocycles. The van der Waals surface area contributed by atoms with Crippen LogP contribution in [0.15, 0.2) is 48.5 Å². The van der Waals surface area contributed by atoms with Crippen molar-refractivity contribution in [3.05, 3.63) is 76.1 Å². The number of Topliss-reactive ketones (excluding diaryl/α,β-unsaturated/α-hetero) is 2. The molecular formula is C36H39ClF3N5O6S. The third-order valence-corrected chi connectivity index (χ3v) is 12.0. The van der Waals surface area contributed by atoms with Gasteiger partial charge in [-0.05, 0) is 68.2 Å². The first kappa shape index (κ1) is 37.6. The van der Waals surface area contributed by atoms with Crippen molar-refractivity contribution in [1.29, 1.82) is 0 Å². The van der Waals surface area contributed by atoms with Gasteiger partial charge in [0, 0.05) is 35.3 Å². The number of sulfonamides is 1. The lowest BCUT2D eigenvalue weighted by molar-refractivity contribution is -0.154. The molecule has 11 nitrogen and oxygen atoms in total. The monoisotopic (exact) mass is 761 g/mol. The average Bonchev–Trinajstić information content (AvgIpc) is 3.92. The lowest BCUT2D eigenvalue weighted by Gasteiger charge is -2.25. The number of nitrogens with one attached hydrogen (secondary N) is 2. The first-order valence-electron chi connectivity index (χ1n) is 17.1. The van der Waals surface area contributed by atoms with Crippen LogP contribution in [0.3, 0.4) is 0 Å². The molecule has 16 heteroatoms. The molecule has 0 radical (unpaired) electrons. The molecule has 3 aromatic rings. The molecule has 3 aliphatic rings. The van der Waals surface area contributed by atoms with Crippen LogP contribution in [0.4, 0.5) is 19.1 Å². The minimum absolute atomic E-state index is 0.0606. The summed E-state index contributed by atoms with van der Waals surface area (Å²) in [7, 11) is -3.71. The summed E-state index contributed by atoms with van der Waals surface area (Å²) in [5.41, 5.74) is -0.433. The third kappa shape index (κ3) is 9.27. The lowest BCUT2D eigenvalue weighted by Crippen LogP contribution is -2.40. The van der Waals surface area contributed by atoms with Crippen molar-refractivity contribution in [2.24, 2.45) is 10.8 Å². The van der Waals surface area contributed by atoms with Crippen LogP contribution < -0.4 is 14.8 Å². The molecule has 0 unspecified atom stereocenters. The molecule has 0 bridgehead atoms. The molecule has 0 saturated heterocycles. The van der Waals surface area contributed by atoms with Crippen LogP contribution in [-0.2, 0) is 31.6 Å². The van der Waals surface area contributed by atoms with Crippen LogP contribution >= 0.6 is 11.6 Å². The van der Waals surface area contributed by atoms with Gasteiger partial charge in [0.05, 0.1) is 16.2 Å². The number of rotatable bonds is 17. The normalized spacial score (nSPS) is 17.6. The largest absolute Gasteiger partial charge is 0.454 e. The topological polar surface area (TPSA) is 157 Å². The molecule has 2 N–H and O–H groups in total. The maximum absolute atomic E-state index is 13.3. The van der Waals surface area contributed by atoms with E-state index in [1.54, 1.807) is 50.2 Å². The minimum Gasteiger partial charge on any atom is -0.454 e. The van der Waals surface area contributed by atoms with E-state index < -0.39 is 56.3 Å². The van der Waals surface area contributed by atoms with Gasteiger partial charge >= 0.3 is 12.2 Å². The second-order valence-corrected chi connectivity index (χ2v) is 17.1. The fourth-order valence-corrected chi connectivity index (χ4v) is 7.44. The van der Waals surface area contributed by atoms with Gasteiger partial charge in [-0.3, -0.25) is 19.1 Å². The van der Waals surface area contributed by atoms with Crippen molar-refractivity contribution in [3.63, 3.8) is 0 Å². The Kier molecular flexibility index (Phi) is 10.2. The second-order valence-electron chi connectivity index (χ2n) is 14.7. The number of carbonyl (C=O) groups is 3. The summed E-state index contributed by atoms with van der Waals surface area (Å²) in [4.78, 5) is 51.9. The Morgan fingerprint density at radius 3 is 2.17 bits per heavy atom. The number of alkyl halides is 3. The van der Waals surface area contributed by atoms with E-state index in [1.807, 2.05) is 12.1 Å². The predicted molar refractivity (Wildman–Crippen MR) is 185 cm³/mol. The molecule has 3 fully saturated rings. The number of hydrogen-bond donors (Lipinski definition) is 2. The molecular weight excluding hydrogens is 723 g/mol. The highest BCUT2D eigenvalue weighted by atomic mass is 35.5. The number of ether oxygens (including phenoxy) is 1. The zero-order chi connectivity index (χ0) is 37.5. The molecule has 2 aromatic carbocycles. The van der Waals surface area contributed by atoms with Gasteiger partial charge in [0.1, 0.15) is 11.6 Å². The van der Waals surface area contributed by atoms with E-state index in [0.717, 1.165) is 18.4 Å².